The first kappa shape index (κ1) is 18.3. The van der Waals surface area contributed by atoms with Crippen molar-refractivity contribution < 1.29 is 4.79 Å². The summed E-state index contributed by atoms with van der Waals surface area (Å²) in [6.45, 7) is 8.23. The average Bonchev–Trinajstić information content (AvgIpc) is 2.88. The molecule has 0 aliphatic heterocycles. The number of hydrogen-bond acceptors (Lipinski definition) is 3. The Morgan fingerprint density at radius 3 is 2.44 bits per heavy atom. The van der Waals surface area contributed by atoms with Gasteiger partial charge in [-0.2, -0.15) is 5.26 Å². The largest absolute Gasteiger partial charge is 0.378 e. The first-order valence-electron chi connectivity index (χ1n) is 8.10. The van der Waals surface area contributed by atoms with Crippen molar-refractivity contribution in [3.63, 3.8) is 0 Å². The fraction of sp³-hybridized carbons (Fsp3) is 0.238. The SMILES string of the molecule is C=CCn1c(C)cc(C(=O)/C(C#N)=C/c2ccc(N(C)C)cc2)c1C. The predicted octanol–water partition coefficient (Wildman–Crippen LogP) is 4.15. The maximum Gasteiger partial charge on any atom is 0.205 e. The Hall–Kier alpha value is -3.06. The number of hydrogen-bond donors (Lipinski definition) is 0. The van der Waals surface area contributed by atoms with E-state index in [1.54, 1.807) is 12.2 Å². The Morgan fingerprint density at radius 2 is 1.92 bits per heavy atom. The van der Waals surface area contributed by atoms with Gasteiger partial charge in [0.15, 0.2) is 0 Å². The number of allylic oxidation sites excluding steroid dienone is 2. The molecule has 128 valence electrons. The van der Waals surface area contributed by atoms with Gasteiger partial charge in [-0.15, -0.1) is 6.58 Å². The van der Waals surface area contributed by atoms with E-state index in [-0.39, 0.29) is 11.4 Å². The molecule has 1 aromatic heterocycles. The van der Waals surface area contributed by atoms with Gasteiger partial charge in [-0.3, -0.25) is 4.79 Å². The van der Waals surface area contributed by atoms with Gasteiger partial charge in [-0.1, -0.05) is 18.2 Å². The smallest absolute Gasteiger partial charge is 0.205 e. The lowest BCUT2D eigenvalue weighted by Crippen LogP contribution is -2.08. The van der Waals surface area contributed by atoms with Crippen LogP contribution in [-0.2, 0) is 6.54 Å². The molecule has 0 saturated heterocycles. The van der Waals surface area contributed by atoms with Gasteiger partial charge >= 0.3 is 0 Å². The Labute approximate surface area is 149 Å². The molecule has 0 saturated carbocycles. The van der Waals surface area contributed by atoms with Gasteiger partial charge in [-0.05, 0) is 43.7 Å². The van der Waals surface area contributed by atoms with Crippen LogP contribution in [0, 0.1) is 25.2 Å². The minimum atomic E-state index is -0.248. The van der Waals surface area contributed by atoms with Crippen LogP contribution in [0.15, 0.2) is 48.6 Å². The van der Waals surface area contributed by atoms with Crippen LogP contribution in [0.2, 0.25) is 0 Å². The molecule has 0 amide bonds. The first-order chi connectivity index (χ1) is 11.9. The second-order valence-corrected chi connectivity index (χ2v) is 6.17. The highest BCUT2D eigenvalue weighted by Crippen LogP contribution is 2.21. The number of rotatable bonds is 6. The number of nitriles is 1. The number of benzene rings is 1. The van der Waals surface area contributed by atoms with Crippen molar-refractivity contribution in [1.82, 2.24) is 4.57 Å². The standard InChI is InChI=1S/C21H23N3O/c1-6-11-24-15(2)12-20(16(24)3)21(25)18(14-22)13-17-7-9-19(10-8-17)23(4)5/h6-10,12-13H,1,11H2,2-5H3/b18-13+. The maximum absolute atomic E-state index is 12.8. The number of anilines is 1. The number of ketones is 1. The van der Waals surface area contributed by atoms with Crippen molar-refractivity contribution in [1.29, 1.82) is 5.26 Å². The van der Waals surface area contributed by atoms with Gasteiger partial charge in [0.25, 0.3) is 0 Å². The second-order valence-electron chi connectivity index (χ2n) is 6.17. The predicted molar refractivity (Wildman–Crippen MR) is 103 cm³/mol. The fourth-order valence-electron chi connectivity index (χ4n) is 2.77. The van der Waals surface area contributed by atoms with Crippen molar-refractivity contribution in [2.75, 3.05) is 19.0 Å². The zero-order valence-electron chi connectivity index (χ0n) is 15.2. The van der Waals surface area contributed by atoms with E-state index in [0.29, 0.717) is 12.1 Å². The number of carbonyl (C=O) groups is 1. The highest BCUT2D eigenvalue weighted by Gasteiger charge is 2.18. The molecule has 4 heteroatoms. The van der Waals surface area contributed by atoms with E-state index < -0.39 is 0 Å². The Bertz CT molecular complexity index is 862. The van der Waals surface area contributed by atoms with E-state index in [1.807, 2.05) is 73.8 Å². The molecule has 0 aliphatic carbocycles. The van der Waals surface area contributed by atoms with Crippen LogP contribution in [0.1, 0.15) is 27.3 Å². The minimum absolute atomic E-state index is 0.136. The van der Waals surface area contributed by atoms with Crippen LogP contribution in [-0.4, -0.2) is 24.4 Å². The summed E-state index contributed by atoms with van der Waals surface area (Å²) in [7, 11) is 3.93. The molecule has 25 heavy (non-hydrogen) atoms. The van der Waals surface area contributed by atoms with E-state index in [4.69, 9.17) is 0 Å². The molecule has 0 spiro atoms. The van der Waals surface area contributed by atoms with Crippen LogP contribution in [0.5, 0.6) is 0 Å². The fourth-order valence-corrected chi connectivity index (χ4v) is 2.77. The molecule has 0 radical (unpaired) electrons. The van der Waals surface area contributed by atoms with Gasteiger partial charge in [-0.25, -0.2) is 0 Å². The Morgan fingerprint density at radius 1 is 1.28 bits per heavy atom. The second kappa shape index (κ2) is 7.67. The van der Waals surface area contributed by atoms with E-state index in [1.165, 1.54) is 0 Å². The Kier molecular flexibility index (Phi) is 5.61. The van der Waals surface area contributed by atoms with Crippen molar-refractivity contribution >= 4 is 17.5 Å². The number of Topliss-reactive ketones (excluding diaryl/α,β-unsaturated/α-hetero) is 1. The molecular formula is C21H23N3O. The zero-order valence-corrected chi connectivity index (χ0v) is 15.2. The van der Waals surface area contributed by atoms with Crippen molar-refractivity contribution in [3.8, 4) is 6.07 Å². The molecular weight excluding hydrogens is 310 g/mol. The van der Waals surface area contributed by atoms with Crippen LogP contribution in [0.3, 0.4) is 0 Å². The summed E-state index contributed by atoms with van der Waals surface area (Å²) in [4.78, 5) is 14.8. The molecule has 0 bridgehead atoms. The summed E-state index contributed by atoms with van der Waals surface area (Å²) in [6, 6.07) is 11.6. The summed E-state index contributed by atoms with van der Waals surface area (Å²) in [5.41, 5.74) is 4.43. The third-order valence-corrected chi connectivity index (χ3v) is 4.22. The van der Waals surface area contributed by atoms with Crippen LogP contribution in [0.25, 0.3) is 6.08 Å². The zero-order chi connectivity index (χ0) is 18.6. The normalized spacial score (nSPS) is 11.1. The monoisotopic (exact) mass is 333 g/mol. The lowest BCUT2D eigenvalue weighted by atomic mass is 10.0. The molecule has 0 unspecified atom stereocenters. The van der Waals surface area contributed by atoms with Crippen molar-refractivity contribution in [2.24, 2.45) is 0 Å². The van der Waals surface area contributed by atoms with E-state index in [2.05, 4.69) is 6.58 Å². The summed E-state index contributed by atoms with van der Waals surface area (Å²) in [6.07, 6.45) is 3.43. The van der Waals surface area contributed by atoms with Gasteiger partial charge in [0, 0.05) is 43.3 Å². The van der Waals surface area contributed by atoms with Gasteiger partial charge in [0.2, 0.25) is 5.78 Å². The van der Waals surface area contributed by atoms with E-state index in [9.17, 15) is 10.1 Å². The molecule has 2 rings (SSSR count). The number of carbonyl (C=O) groups excluding carboxylic acids is 1. The third kappa shape index (κ3) is 3.89. The van der Waals surface area contributed by atoms with Gasteiger partial charge in [0.05, 0.1) is 0 Å². The van der Waals surface area contributed by atoms with Crippen molar-refractivity contribution in [2.45, 2.75) is 20.4 Å². The molecule has 1 heterocycles. The summed E-state index contributed by atoms with van der Waals surface area (Å²) in [5.74, 6) is -0.248. The first-order valence-corrected chi connectivity index (χ1v) is 8.10. The average molecular weight is 333 g/mol. The number of aryl methyl sites for hydroxylation is 1. The summed E-state index contributed by atoms with van der Waals surface area (Å²) < 4.78 is 2.01. The van der Waals surface area contributed by atoms with Crippen LogP contribution < -0.4 is 4.90 Å². The summed E-state index contributed by atoms with van der Waals surface area (Å²) in [5, 5.41) is 9.46. The molecule has 0 fully saturated rings. The minimum Gasteiger partial charge on any atom is -0.378 e. The number of aromatic nitrogens is 1. The maximum atomic E-state index is 12.8. The van der Waals surface area contributed by atoms with Crippen molar-refractivity contribution in [3.05, 3.63) is 71.1 Å². The third-order valence-electron chi connectivity index (χ3n) is 4.22. The highest BCUT2D eigenvalue weighted by atomic mass is 16.1. The van der Waals surface area contributed by atoms with E-state index in [0.717, 1.165) is 22.6 Å². The number of nitrogens with zero attached hydrogens (tertiary/aromatic N) is 3. The van der Waals surface area contributed by atoms with Crippen LogP contribution in [0.4, 0.5) is 5.69 Å². The van der Waals surface area contributed by atoms with E-state index >= 15 is 0 Å². The molecule has 4 nitrogen and oxygen atoms in total. The molecule has 1 aromatic carbocycles. The highest BCUT2D eigenvalue weighted by molar-refractivity contribution is 6.14. The van der Waals surface area contributed by atoms with Crippen LogP contribution >= 0.6 is 0 Å². The molecule has 0 aliphatic rings. The molecule has 0 atom stereocenters. The quantitative estimate of drug-likeness (QED) is 0.345. The lowest BCUT2D eigenvalue weighted by molar-refractivity contribution is 0.103. The molecule has 0 N–H and O–H groups in total. The summed E-state index contributed by atoms with van der Waals surface area (Å²) >= 11 is 0. The van der Waals surface area contributed by atoms with Gasteiger partial charge < -0.3 is 9.47 Å². The lowest BCUT2D eigenvalue weighted by Gasteiger charge is -2.11. The van der Waals surface area contributed by atoms with Gasteiger partial charge in [0.1, 0.15) is 11.6 Å². The topological polar surface area (TPSA) is 49.0 Å². The molecule has 2 aromatic rings. The Balaban J connectivity index is 2.37.